The standard InChI is InChI=1S/C30H32N2O3/c1-29(2,3)27-17-21-16-23(11-12-24(21)32-27)31-28(33)30(14-15-30)22-10-13-25(26(18-22)34-4)35-19-20-8-6-5-7-9-20/h5-13,16-18,32H,14-15,19H2,1-4H3,(H,31,33). The number of aromatic nitrogens is 1. The Balaban J connectivity index is 1.33. The lowest BCUT2D eigenvalue weighted by Crippen LogP contribution is -2.27. The summed E-state index contributed by atoms with van der Waals surface area (Å²) in [7, 11) is 1.63. The van der Waals surface area contributed by atoms with E-state index in [9.17, 15) is 4.79 Å². The fraction of sp³-hybridized carbons (Fsp3) is 0.300. The van der Waals surface area contributed by atoms with E-state index in [4.69, 9.17) is 9.47 Å². The molecular formula is C30H32N2O3. The van der Waals surface area contributed by atoms with Crippen molar-refractivity contribution in [1.82, 2.24) is 4.98 Å². The van der Waals surface area contributed by atoms with Gasteiger partial charge in [-0.05, 0) is 60.4 Å². The minimum Gasteiger partial charge on any atom is -0.493 e. The van der Waals surface area contributed by atoms with Crippen LogP contribution in [0.3, 0.4) is 0 Å². The van der Waals surface area contributed by atoms with Gasteiger partial charge in [0, 0.05) is 27.7 Å². The molecule has 1 aromatic heterocycles. The number of ether oxygens (including phenoxy) is 2. The first-order chi connectivity index (χ1) is 16.8. The molecule has 4 aromatic rings. The molecule has 180 valence electrons. The summed E-state index contributed by atoms with van der Waals surface area (Å²) in [6, 6.07) is 24.0. The van der Waals surface area contributed by atoms with E-state index >= 15 is 0 Å². The molecule has 2 N–H and O–H groups in total. The van der Waals surface area contributed by atoms with Crippen LogP contribution in [0.15, 0.2) is 72.8 Å². The van der Waals surface area contributed by atoms with Crippen LogP contribution >= 0.6 is 0 Å². The third-order valence-electron chi connectivity index (χ3n) is 6.82. The molecule has 0 unspecified atom stereocenters. The monoisotopic (exact) mass is 468 g/mol. The number of carbonyl (C=O) groups is 1. The molecule has 5 rings (SSSR count). The summed E-state index contributed by atoms with van der Waals surface area (Å²) in [5.74, 6) is 1.33. The molecule has 0 bridgehead atoms. The van der Waals surface area contributed by atoms with Crippen LogP contribution in [0.25, 0.3) is 10.9 Å². The topological polar surface area (TPSA) is 63.3 Å². The minimum atomic E-state index is -0.533. The minimum absolute atomic E-state index is 0.0171. The molecule has 3 aromatic carbocycles. The number of rotatable bonds is 7. The molecule has 1 heterocycles. The molecule has 0 saturated heterocycles. The molecule has 0 aliphatic heterocycles. The lowest BCUT2D eigenvalue weighted by molar-refractivity contribution is -0.118. The summed E-state index contributed by atoms with van der Waals surface area (Å²) in [6.45, 7) is 7.01. The fourth-order valence-electron chi connectivity index (χ4n) is 4.46. The highest BCUT2D eigenvalue weighted by Crippen LogP contribution is 2.50. The molecule has 1 amide bonds. The van der Waals surface area contributed by atoms with E-state index < -0.39 is 5.41 Å². The molecule has 1 saturated carbocycles. The van der Waals surface area contributed by atoms with Crippen LogP contribution in [-0.4, -0.2) is 18.0 Å². The number of methoxy groups -OCH3 is 1. The Labute approximate surface area is 206 Å². The zero-order valence-electron chi connectivity index (χ0n) is 20.8. The number of hydrogen-bond acceptors (Lipinski definition) is 3. The van der Waals surface area contributed by atoms with Crippen molar-refractivity contribution in [2.24, 2.45) is 0 Å². The summed E-state index contributed by atoms with van der Waals surface area (Å²) < 4.78 is 11.6. The number of hydrogen-bond donors (Lipinski definition) is 2. The SMILES string of the molecule is COc1cc(C2(C(=O)Nc3ccc4[nH]c(C(C)(C)C)cc4c3)CC2)ccc1OCc1ccccc1. The number of carbonyl (C=O) groups excluding carboxylic acids is 1. The summed E-state index contributed by atoms with van der Waals surface area (Å²) in [5.41, 5.74) is 4.61. The first kappa shape index (κ1) is 23.0. The molecule has 0 spiro atoms. The number of aromatic amines is 1. The van der Waals surface area contributed by atoms with Crippen molar-refractivity contribution in [1.29, 1.82) is 0 Å². The number of fused-ring (bicyclic) bond motifs is 1. The van der Waals surface area contributed by atoms with Crippen LogP contribution in [0.5, 0.6) is 11.5 Å². The van der Waals surface area contributed by atoms with Gasteiger partial charge in [-0.2, -0.15) is 0 Å². The van der Waals surface area contributed by atoms with Gasteiger partial charge in [0.15, 0.2) is 11.5 Å². The normalized spacial score (nSPS) is 14.5. The first-order valence-corrected chi connectivity index (χ1v) is 12.1. The number of anilines is 1. The van der Waals surface area contributed by atoms with Crippen LogP contribution in [0.4, 0.5) is 5.69 Å². The van der Waals surface area contributed by atoms with Gasteiger partial charge < -0.3 is 19.8 Å². The Kier molecular flexibility index (Phi) is 5.79. The average molecular weight is 469 g/mol. The van der Waals surface area contributed by atoms with Crippen molar-refractivity contribution >= 4 is 22.5 Å². The Hall–Kier alpha value is -3.73. The second-order valence-electron chi connectivity index (χ2n) is 10.4. The summed E-state index contributed by atoms with van der Waals surface area (Å²) >= 11 is 0. The van der Waals surface area contributed by atoms with E-state index in [2.05, 4.69) is 37.1 Å². The Morgan fingerprint density at radius 2 is 1.74 bits per heavy atom. The van der Waals surface area contributed by atoms with Crippen LogP contribution in [-0.2, 0) is 22.2 Å². The molecule has 0 atom stereocenters. The van der Waals surface area contributed by atoms with Crippen molar-refractivity contribution < 1.29 is 14.3 Å². The molecule has 1 aliphatic carbocycles. The van der Waals surface area contributed by atoms with Gasteiger partial charge in [0.1, 0.15) is 6.61 Å². The van der Waals surface area contributed by atoms with Crippen LogP contribution in [0.2, 0.25) is 0 Å². The predicted octanol–water partition coefficient (Wildman–Crippen LogP) is 6.72. The van der Waals surface area contributed by atoms with Gasteiger partial charge in [0.05, 0.1) is 12.5 Å². The molecular weight excluding hydrogens is 436 g/mol. The van der Waals surface area contributed by atoms with Gasteiger partial charge in [-0.15, -0.1) is 0 Å². The molecule has 1 aliphatic rings. The van der Waals surface area contributed by atoms with Gasteiger partial charge in [-0.3, -0.25) is 4.79 Å². The van der Waals surface area contributed by atoms with Crippen LogP contribution in [0.1, 0.15) is 50.4 Å². The van der Waals surface area contributed by atoms with E-state index in [-0.39, 0.29) is 11.3 Å². The van der Waals surface area contributed by atoms with Crippen molar-refractivity contribution in [3.8, 4) is 11.5 Å². The lowest BCUT2D eigenvalue weighted by Gasteiger charge is -2.18. The van der Waals surface area contributed by atoms with E-state index in [1.54, 1.807) is 7.11 Å². The quantitative estimate of drug-likeness (QED) is 0.316. The van der Waals surface area contributed by atoms with Crippen molar-refractivity contribution in [2.45, 2.75) is 51.0 Å². The maximum absolute atomic E-state index is 13.4. The first-order valence-electron chi connectivity index (χ1n) is 12.1. The third-order valence-corrected chi connectivity index (χ3v) is 6.82. The fourth-order valence-corrected chi connectivity index (χ4v) is 4.46. The molecule has 5 nitrogen and oxygen atoms in total. The Morgan fingerprint density at radius 3 is 2.43 bits per heavy atom. The van der Waals surface area contributed by atoms with Crippen molar-refractivity contribution in [2.75, 3.05) is 12.4 Å². The second kappa shape index (κ2) is 8.81. The Bertz CT molecular complexity index is 1360. The zero-order chi connectivity index (χ0) is 24.6. The third kappa shape index (κ3) is 4.63. The maximum Gasteiger partial charge on any atom is 0.235 e. The molecule has 35 heavy (non-hydrogen) atoms. The highest BCUT2D eigenvalue weighted by molar-refractivity contribution is 6.02. The summed E-state index contributed by atoms with van der Waals surface area (Å²) in [5, 5.41) is 4.25. The summed E-state index contributed by atoms with van der Waals surface area (Å²) in [4.78, 5) is 16.9. The van der Waals surface area contributed by atoms with Gasteiger partial charge >= 0.3 is 0 Å². The number of H-pyrrole nitrogens is 1. The second-order valence-corrected chi connectivity index (χ2v) is 10.4. The molecule has 1 fully saturated rings. The zero-order valence-corrected chi connectivity index (χ0v) is 20.8. The van der Waals surface area contributed by atoms with Gasteiger partial charge in [0.25, 0.3) is 0 Å². The largest absolute Gasteiger partial charge is 0.493 e. The smallest absolute Gasteiger partial charge is 0.235 e. The predicted molar refractivity (Wildman–Crippen MR) is 140 cm³/mol. The number of nitrogens with one attached hydrogen (secondary N) is 2. The van der Waals surface area contributed by atoms with Gasteiger partial charge in [-0.1, -0.05) is 57.2 Å². The lowest BCUT2D eigenvalue weighted by atomic mass is 9.92. The Morgan fingerprint density at radius 1 is 0.971 bits per heavy atom. The molecule has 0 radical (unpaired) electrons. The van der Waals surface area contributed by atoms with E-state index in [0.29, 0.717) is 18.1 Å². The number of benzene rings is 3. The van der Waals surface area contributed by atoms with Crippen molar-refractivity contribution in [3.63, 3.8) is 0 Å². The highest BCUT2D eigenvalue weighted by Gasteiger charge is 2.51. The number of amides is 1. The van der Waals surface area contributed by atoms with E-state index in [0.717, 1.165) is 40.6 Å². The van der Waals surface area contributed by atoms with E-state index in [1.165, 1.54) is 5.69 Å². The van der Waals surface area contributed by atoms with Crippen LogP contribution < -0.4 is 14.8 Å². The summed E-state index contributed by atoms with van der Waals surface area (Å²) in [6.07, 6.45) is 1.62. The van der Waals surface area contributed by atoms with Gasteiger partial charge in [-0.25, -0.2) is 0 Å². The maximum atomic E-state index is 13.4. The van der Waals surface area contributed by atoms with Crippen molar-refractivity contribution in [3.05, 3.63) is 89.6 Å². The molecule has 5 heteroatoms. The average Bonchev–Trinajstić information content (AvgIpc) is 3.55. The highest BCUT2D eigenvalue weighted by atomic mass is 16.5. The van der Waals surface area contributed by atoms with Crippen LogP contribution in [0, 0.1) is 0 Å². The van der Waals surface area contributed by atoms with Gasteiger partial charge in [0.2, 0.25) is 5.91 Å². The van der Waals surface area contributed by atoms with E-state index in [1.807, 2.05) is 66.7 Å².